The third kappa shape index (κ3) is 6.08. The van der Waals surface area contributed by atoms with Gasteiger partial charge < -0.3 is 5.32 Å². The number of amides is 1. The molecule has 0 radical (unpaired) electrons. The largest absolute Gasteiger partial charge is 0.345 e. The van der Waals surface area contributed by atoms with Crippen LogP contribution < -0.4 is 5.32 Å². The summed E-state index contributed by atoms with van der Waals surface area (Å²) in [6.45, 7) is 8.55. The number of aryl methyl sites for hydroxylation is 3. The number of benzene rings is 1. The van der Waals surface area contributed by atoms with Crippen molar-refractivity contribution in [3.8, 4) is 22.4 Å². The monoisotopic (exact) mass is 550 g/mol. The molecular weight excluding hydrogens is 520 g/mol. The molecule has 198 valence electrons. The molecule has 0 aliphatic heterocycles. The van der Waals surface area contributed by atoms with Crippen molar-refractivity contribution in [1.29, 1.82) is 0 Å². The van der Waals surface area contributed by atoms with E-state index in [-0.39, 0.29) is 24.3 Å². The average Bonchev–Trinajstić information content (AvgIpc) is 3.49. The van der Waals surface area contributed by atoms with Crippen molar-refractivity contribution >= 4 is 33.1 Å². The number of aromatic nitrogens is 3. The Balaban J connectivity index is 1.39. The summed E-state index contributed by atoms with van der Waals surface area (Å²) in [6.07, 6.45) is 1.38. The quantitative estimate of drug-likeness (QED) is 0.323. The number of pyridine rings is 1. The van der Waals surface area contributed by atoms with Crippen molar-refractivity contribution in [3.05, 3.63) is 81.7 Å². The highest BCUT2D eigenvalue weighted by Crippen LogP contribution is 2.28. The average molecular weight is 551 g/mol. The van der Waals surface area contributed by atoms with Crippen LogP contribution >= 0.6 is 11.3 Å². The zero-order chi connectivity index (χ0) is 27.6. The summed E-state index contributed by atoms with van der Waals surface area (Å²) in [5.74, 6) is -0.695. The molecule has 0 bridgehead atoms. The Morgan fingerprint density at radius 1 is 0.974 bits per heavy atom. The van der Waals surface area contributed by atoms with Crippen LogP contribution in [0.15, 0.2) is 54.0 Å². The molecule has 1 aromatic carbocycles. The molecule has 1 N–H and O–H groups in total. The fourth-order valence-electron chi connectivity index (χ4n) is 4.08. The van der Waals surface area contributed by atoms with Gasteiger partial charge in [-0.1, -0.05) is 18.2 Å². The molecule has 0 saturated carbocycles. The van der Waals surface area contributed by atoms with E-state index in [1.54, 1.807) is 20.8 Å². The van der Waals surface area contributed by atoms with Crippen LogP contribution in [-0.4, -0.2) is 45.8 Å². The Kier molecular flexibility index (Phi) is 7.94. The fourth-order valence-corrected chi connectivity index (χ4v) is 6.08. The minimum atomic E-state index is -3.58. The number of carbonyl (C=O) groups excluding carboxylic acids is 2. The lowest BCUT2D eigenvalue weighted by Crippen LogP contribution is -2.30. The van der Waals surface area contributed by atoms with E-state index in [0.717, 1.165) is 37.7 Å². The SMILES string of the molecule is Cc1cc(-c2cccc(-c3csc(CC(=O)CNC(=O)c4cc(C)n(S(=O)(=O)C(C)C)c4)n3)c2)cc(C)n1. The molecule has 0 saturated heterocycles. The van der Waals surface area contributed by atoms with Gasteiger partial charge >= 0.3 is 0 Å². The summed E-state index contributed by atoms with van der Waals surface area (Å²) in [5.41, 5.74) is 6.43. The van der Waals surface area contributed by atoms with Crippen LogP contribution in [0.1, 0.15) is 46.3 Å². The van der Waals surface area contributed by atoms with Gasteiger partial charge in [-0.25, -0.2) is 17.4 Å². The topological polar surface area (TPSA) is 111 Å². The lowest BCUT2D eigenvalue weighted by Gasteiger charge is -2.10. The van der Waals surface area contributed by atoms with Crippen LogP contribution in [0.2, 0.25) is 0 Å². The molecule has 4 aromatic rings. The molecule has 0 aliphatic rings. The number of rotatable bonds is 9. The van der Waals surface area contributed by atoms with Gasteiger partial charge in [0.2, 0.25) is 10.0 Å². The third-order valence-corrected chi connectivity index (χ3v) is 9.00. The predicted molar refractivity (Wildman–Crippen MR) is 150 cm³/mol. The van der Waals surface area contributed by atoms with Gasteiger partial charge in [0.05, 0.1) is 29.5 Å². The van der Waals surface area contributed by atoms with Crippen molar-refractivity contribution in [3.63, 3.8) is 0 Å². The van der Waals surface area contributed by atoms with Gasteiger partial charge in [0.15, 0.2) is 5.78 Å². The molecule has 8 nitrogen and oxygen atoms in total. The summed E-state index contributed by atoms with van der Waals surface area (Å²) in [5, 5.41) is 4.54. The first kappa shape index (κ1) is 27.4. The van der Waals surface area contributed by atoms with E-state index in [1.807, 2.05) is 49.6 Å². The van der Waals surface area contributed by atoms with Gasteiger partial charge in [0, 0.05) is 34.2 Å². The Morgan fingerprint density at radius 2 is 1.66 bits per heavy atom. The second-order valence-corrected chi connectivity index (χ2v) is 12.8. The van der Waals surface area contributed by atoms with Crippen LogP contribution in [0, 0.1) is 20.8 Å². The third-order valence-electron chi connectivity index (χ3n) is 6.02. The highest BCUT2D eigenvalue weighted by Gasteiger charge is 2.22. The highest BCUT2D eigenvalue weighted by molar-refractivity contribution is 7.90. The molecule has 3 aromatic heterocycles. The van der Waals surface area contributed by atoms with E-state index in [1.165, 1.54) is 23.6 Å². The minimum Gasteiger partial charge on any atom is -0.345 e. The van der Waals surface area contributed by atoms with Crippen LogP contribution in [0.25, 0.3) is 22.4 Å². The maximum Gasteiger partial charge on any atom is 0.253 e. The van der Waals surface area contributed by atoms with Gasteiger partial charge in [-0.05, 0) is 70.0 Å². The van der Waals surface area contributed by atoms with Gasteiger partial charge in [0.1, 0.15) is 5.01 Å². The molecule has 0 fully saturated rings. The van der Waals surface area contributed by atoms with E-state index in [9.17, 15) is 18.0 Å². The molecule has 3 heterocycles. The molecule has 10 heteroatoms. The first-order valence-electron chi connectivity index (χ1n) is 12.2. The summed E-state index contributed by atoms with van der Waals surface area (Å²) < 4.78 is 26.0. The molecule has 4 rings (SSSR count). The van der Waals surface area contributed by atoms with Crippen LogP contribution in [0.4, 0.5) is 0 Å². The second kappa shape index (κ2) is 11.0. The summed E-state index contributed by atoms with van der Waals surface area (Å²) in [4.78, 5) is 34.2. The first-order chi connectivity index (χ1) is 17.9. The van der Waals surface area contributed by atoms with Gasteiger partial charge in [-0.15, -0.1) is 11.3 Å². The number of hydrogen-bond donors (Lipinski definition) is 1. The number of nitrogens with zero attached hydrogens (tertiary/aromatic N) is 3. The first-order valence-corrected chi connectivity index (χ1v) is 14.6. The van der Waals surface area contributed by atoms with Gasteiger partial charge in [0.25, 0.3) is 5.91 Å². The van der Waals surface area contributed by atoms with Gasteiger partial charge in [-0.2, -0.15) is 0 Å². The number of carbonyl (C=O) groups is 2. The summed E-state index contributed by atoms with van der Waals surface area (Å²) in [7, 11) is -3.58. The molecule has 0 aliphatic carbocycles. The predicted octanol–water partition coefficient (Wildman–Crippen LogP) is 4.73. The molecule has 0 unspecified atom stereocenters. The number of ketones is 1. The van der Waals surface area contributed by atoms with E-state index in [2.05, 4.69) is 21.4 Å². The van der Waals surface area contributed by atoms with E-state index in [4.69, 9.17) is 0 Å². The summed E-state index contributed by atoms with van der Waals surface area (Å²) >= 11 is 1.40. The highest BCUT2D eigenvalue weighted by atomic mass is 32.2. The molecule has 1 amide bonds. The summed E-state index contributed by atoms with van der Waals surface area (Å²) in [6, 6.07) is 13.7. The van der Waals surface area contributed by atoms with Crippen molar-refractivity contribution in [1.82, 2.24) is 19.3 Å². The van der Waals surface area contributed by atoms with Crippen molar-refractivity contribution < 1.29 is 18.0 Å². The number of hydrogen-bond acceptors (Lipinski definition) is 7. The van der Waals surface area contributed by atoms with Crippen LogP contribution in [0.3, 0.4) is 0 Å². The Labute approximate surface area is 226 Å². The Morgan fingerprint density at radius 3 is 2.34 bits per heavy atom. The van der Waals surface area contributed by atoms with E-state index >= 15 is 0 Å². The zero-order valence-corrected chi connectivity index (χ0v) is 23.6. The van der Waals surface area contributed by atoms with Crippen LogP contribution in [0.5, 0.6) is 0 Å². The molecule has 38 heavy (non-hydrogen) atoms. The Bertz CT molecular complexity index is 1600. The lowest BCUT2D eigenvalue weighted by atomic mass is 10.0. The normalized spacial score (nSPS) is 11.6. The number of thiazole rings is 1. The smallest absolute Gasteiger partial charge is 0.253 e. The molecular formula is C28H30N4O4S2. The molecule has 0 spiro atoms. The number of Topliss-reactive ketones (excluding diaryl/α,β-unsaturated/α-hetero) is 1. The Hall–Kier alpha value is -3.63. The van der Waals surface area contributed by atoms with Crippen molar-refractivity contribution in [2.24, 2.45) is 0 Å². The fraction of sp³-hybridized carbons (Fsp3) is 0.286. The minimum absolute atomic E-state index is 0.0924. The number of nitrogens with one attached hydrogen (secondary N) is 1. The van der Waals surface area contributed by atoms with Crippen molar-refractivity contribution in [2.75, 3.05) is 6.54 Å². The van der Waals surface area contributed by atoms with Gasteiger partial charge in [-0.3, -0.25) is 14.6 Å². The maximum absolute atomic E-state index is 12.6. The lowest BCUT2D eigenvalue weighted by molar-refractivity contribution is -0.117. The van der Waals surface area contributed by atoms with Crippen molar-refractivity contribution in [2.45, 2.75) is 46.3 Å². The maximum atomic E-state index is 12.6. The van der Waals surface area contributed by atoms with E-state index in [0.29, 0.717) is 10.7 Å². The van der Waals surface area contributed by atoms with Crippen LogP contribution in [-0.2, 0) is 21.2 Å². The zero-order valence-electron chi connectivity index (χ0n) is 22.0. The second-order valence-electron chi connectivity index (χ2n) is 9.50. The molecule has 0 atom stereocenters. The standard InChI is InChI=1S/C28H30N4O4S2/c1-17(2)38(35,36)32-15-24(11-20(32)5)28(34)29-14-25(33)13-27-31-26(16-37-27)22-8-6-7-21(12-22)23-9-18(3)30-19(4)10-23/h6-12,15-17H,13-14H2,1-5H3,(H,29,34). The van der Waals surface area contributed by atoms with E-state index < -0.39 is 21.2 Å².